The Morgan fingerprint density at radius 1 is 0.674 bits per heavy atom. The van der Waals surface area contributed by atoms with Gasteiger partial charge in [-0.1, -0.05) is 72.8 Å². The number of hydrogen-bond acceptors (Lipinski definition) is 2. The third kappa shape index (κ3) is 6.80. The molecule has 1 fully saturated rings. The van der Waals surface area contributed by atoms with Gasteiger partial charge in [-0.25, -0.2) is 13.2 Å². The largest absolute Gasteiger partial charge is 0.430 e. The molecule has 0 saturated heterocycles. The van der Waals surface area contributed by atoms with Crippen LogP contribution in [0.4, 0.5) is 39.5 Å². The van der Waals surface area contributed by atoms with Gasteiger partial charge < -0.3 is 10.1 Å². The molecule has 5 rings (SSSR count). The third-order valence-corrected chi connectivity index (χ3v) is 8.71. The molecular formula is C35H30F9NO. The van der Waals surface area contributed by atoms with E-state index in [9.17, 15) is 39.5 Å². The monoisotopic (exact) mass is 651 g/mol. The van der Waals surface area contributed by atoms with Crippen LogP contribution in [0.1, 0.15) is 47.1 Å². The van der Waals surface area contributed by atoms with Crippen molar-refractivity contribution in [2.75, 3.05) is 0 Å². The zero-order valence-corrected chi connectivity index (χ0v) is 24.4. The van der Waals surface area contributed by atoms with E-state index in [2.05, 4.69) is 10.1 Å². The summed E-state index contributed by atoms with van der Waals surface area (Å²) in [5, 5.41) is 3.45. The Kier molecular flexibility index (Phi) is 9.56. The fourth-order valence-electron chi connectivity index (χ4n) is 6.15. The van der Waals surface area contributed by atoms with Crippen molar-refractivity contribution in [1.29, 1.82) is 0 Å². The van der Waals surface area contributed by atoms with Crippen LogP contribution < -0.4 is 5.32 Å². The average Bonchev–Trinajstić information content (AvgIpc) is 2.98. The molecule has 1 saturated carbocycles. The van der Waals surface area contributed by atoms with Crippen molar-refractivity contribution in [2.45, 2.75) is 68.2 Å². The van der Waals surface area contributed by atoms with Gasteiger partial charge in [-0.05, 0) is 72.1 Å². The van der Waals surface area contributed by atoms with Gasteiger partial charge in [-0.15, -0.1) is 0 Å². The molecule has 0 heterocycles. The minimum absolute atomic E-state index is 0.0385. The van der Waals surface area contributed by atoms with Gasteiger partial charge in [-0.2, -0.15) is 26.3 Å². The lowest BCUT2D eigenvalue weighted by Crippen LogP contribution is -2.56. The molecule has 4 aromatic carbocycles. The van der Waals surface area contributed by atoms with Crippen LogP contribution in [0.15, 0.2) is 97.1 Å². The molecule has 46 heavy (non-hydrogen) atoms. The highest BCUT2D eigenvalue weighted by Gasteiger charge is 2.73. The highest BCUT2D eigenvalue weighted by molar-refractivity contribution is 5.37. The number of aryl methyl sites for hydroxylation is 1. The summed E-state index contributed by atoms with van der Waals surface area (Å²) >= 11 is 0. The maximum atomic E-state index is 14.4. The molecule has 244 valence electrons. The lowest BCUT2D eigenvalue weighted by atomic mass is 9.59. The van der Waals surface area contributed by atoms with Crippen molar-refractivity contribution < 1.29 is 44.3 Å². The first-order valence-corrected chi connectivity index (χ1v) is 14.6. The van der Waals surface area contributed by atoms with Gasteiger partial charge >= 0.3 is 12.4 Å². The first kappa shape index (κ1) is 33.5. The van der Waals surface area contributed by atoms with Gasteiger partial charge in [0.2, 0.25) is 0 Å². The van der Waals surface area contributed by atoms with Crippen molar-refractivity contribution in [3.05, 3.63) is 142 Å². The van der Waals surface area contributed by atoms with Crippen LogP contribution in [0.2, 0.25) is 0 Å². The van der Waals surface area contributed by atoms with E-state index in [-0.39, 0.29) is 6.04 Å². The molecular weight excluding hydrogens is 621 g/mol. The maximum Gasteiger partial charge on any atom is 0.430 e. The molecule has 1 aliphatic rings. The second-order valence-electron chi connectivity index (χ2n) is 11.6. The van der Waals surface area contributed by atoms with Crippen molar-refractivity contribution in [3.63, 3.8) is 0 Å². The molecule has 4 aromatic rings. The Balaban J connectivity index is 1.44. The van der Waals surface area contributed by atoms with Crippen LogP contribution in [0.25, 0.3) is 0 Å². The lowest BCUT2D eigenvalue weighted by molar-refractivity contribution is -0.392. The van der Waals surface area contributed by atoms with Crippen molar-refractivity contribution in [3.8, 4) is 0 Å². The van der Waals surface area contributed by atoms with Gasteiger partial charge in [0.25, 0.3) is 5.60 Å². The predicted molar refractivity (Wildman–Crippen MR) is 154 cm³/mol. The molecule has 2 nitrogen and oxygen atoms in total. The Morgan fingerprint density at radius 2 is 1.26 bits per heavy atom. The van der Waals surface area contributed by atoms with Gasteiger partial charge in [0.05, 0.1) is 6.61 Å². The fraction of sp³-hybridized carbons (Fsp3) is 0.314. The van der Waals surface area contributed by atoms with E-state index in [1.807, 2.05) is 30.3 Å². The van der Waals surface area contributed by atoms with E-state index >= 15 is 0 Å². The summed E-state index contributed by atoms with van der Waals surface area (Å²) in [6, 6.07) is 21.8. The Bertz CT molecular complexity index is 1560. The van der Waals surface area contributed by atoms with Gasteiger partial charge in [0, 0.05) is 23.7 Å². The number of nitrogens with one attached hydrogen (secondary N) is 1. The van der Waals surface area contributed by atoms with E-state index in [1.165, 1.54) is 24.3 Å². The maximum absolute atomic E-state index is 14.4. The number of ether oxygens (including phenoxy) is 1. The van der Waals surface area contributed by atoms with Crippen LogP contribution in [-0.4, -0.2) is 18.4 Å². The third-order valence-electron chi connectivity index (χ3n) is 8.71. The second kappa shape index (κ2) is 13.1. The summed E-state index contributed by atoms with van der Waals surface area (Å²) in [5.41, 5.74) is -5.33. The molecule has 0 radical (unpaired) electrons. The summed E-state index contributed by atoms with van der Waals surface area (Å²) in [4.78, 5) is 0. The Morgan fingerprint density at radius 3 is 1.83 bits per heavy atom. The molecule has 0 bridgehead atoms. The number of benzene rings is 4. The molecule has 1 N–H and O–H groups in total. The SMILES string of the molecule is Fc1ccc(CCC2(c3ccc(C(OCc4c(F)cccc4F)(C(F)(F)F)C(F)(F)F)cc3)CC(NCc3ccccc3)C2)cc1. The summed E-state index contributed by atoms with van der Waals surface area (Å²) < 4.78 is 133. The molecule has 0 aliphatic heterocycles. The minimum atomic E-state index is -6.03. The van der Waals surface area contributed by atoms with Crippen LogP contribution in [0.3, 0.4) is 0 Å². The van der Waals surface area contributed by atoms with Gasteiger partial charge in [0.15, 0.2) is 0 Å². The smallest absolute Gasteiger partial charge is 0.349 e. The second-order valence-corrected chi connectivity index (χ2v) is 11.6. The standard InChI is InChI=1S/C35H30F9NO/c36-27-15-9-23(10-16-27)17-18-32(19-28(20-32)45-21-24-5-2-1-3-6-24)25-11-13-26(14-12-25)33(34(39,40)41,35(42,43)44)46-22-29-30(37)7-4-8-31(29)38/h1-16,28,45H,17-22H2. The van der Waals surface area contributed by atoms with Crippen LogP contribution in [0.5, 0.6) is 0 Å². The number of rotatable bonds is 11. The lowest BCUT2D eigenvalue weighted by Gasteiger charge is -2.49. The minimum Gasteiger partial charge on any atom is -0.349 e. The molecule has 0 spiro atoms. The van der Waals surface area contributed by atoms with Crippen molar-refractivity contribution >= 4 is 0 Å². The van der Waals surface area contributed by atoms with E-state index in [1.54, 1.807) is 12.1 Å². The van der Waals surface area contributed by atoms with Crippen LogP contribution >= 0.6 is 0 Å². The zero-order chi connectivity index (χ0) is 33.2. The summed E-state index contributed by atoms with van der Waals surface area (Å²) in [6.45, 7) is -1.03. The van der Waals surface area contributed by atoms with Crippen molar-refractivity contribution in [1.82, 2.24) is 5.32 Å². The van der Waals surface area contributed by atoms with Crippen molar-refractivity contribution in [2.24, 2.45) is 0 Å². The van der Waals surface area contributed by atoms with E-state index in [4.69, 9.17) is 0 Å². The van der Waals surface area contributed by atoms with E-state index < -0.39 is 58.6 Å². The fourth-order valence-corrected chi connectivity index (χ4v) is 6.15. The van der Waals surface area contributed by atoms with Gasteiger partial charge in [0.1, 0.15) is 17.5 Å². The normalized spacial score (nSPS) is 18.8. The highest BCUT2D eigenvalue weighted by Crippen LogP contribution is 2.54. The van der Waals surface area contributed by atoms with Crippen LogP contribution in [-0.2, 0) is 35.3 Å². The quantitative estimate of drug-likeness (QED) is 0.163. The first-order chi connectivity index (χ1) is 21.7. The number of halogens is 9. The molecule has 1 aliphatic carbocycles. The molecule has 0 aromatic heterocycles. The molecule has 11 heteroatoms. The van der Waals surface area contributed by atoms with Gasteiger partial charge in [-0.3, -0.25) is 0 Å². The number of alkyl halides is 6. The molecule has 0 atom stereocenters. The molecule has 0 unspecified atom stereocenters. The summed E-state index contributed by atoms with van der Waals surface area (Å²) in [5.74, 6) is -3.07. The average molecular weight is 652 g/mol. The zero-order valence-electron chi connectivity index (χ0n) is 24.4. The summed E-state index contributed by atoms with van der Waals surface area (Å²) in [6.07, 6.45) is -9.93. The topological polar surface area (TPSA) is 21.3 Å². The Hall–Kier alpha value is -3.83. The number of hydrogen-bond donors (Lipinski definition) is 1. The van der Waals surface area contributed by atoms with E-state index in [0.717, 1.165) is 29.3 Å². The first-order valence-electron chi connectivity index (χ1n) is 14.6. The highest BCUT2D eigenvalue weighted by atomic mass is 19.4. The van der Waals surface area contributed by atoms with Crippen LogP contribution in [0, 0.1) is 17.5 Å². The predicted octanol–water partition coefficient (Wildman–Crippen LogP) is 9.46. The van der Waals surface area contributed by atoms with E-state index in [0.29, 0.717) is 49.9 Å². The Labute approximate surface area is 260 Å². The molecule has 0 amide bonds. The summed E-state index contributed by atoms with van der Waals surface area (Å²) in [7, 11) is 0.